The van der Waals surface area contributed by atoms with E-state index in [2.05, 4.69) is 4.90 Å². The molecular formula is C12H21F2N. The topological polar surface area (TPSA) is 3.24 Å². The minimum absolute atomic E-state index is 0.104. The van der Waals surface area contributed by atoms with Gasteiger partial charge in [-0.1, -0.05) is 12.8 Å². The predicted octanol–water partition coefficient (Wildman–Crippen LogP) is 3.44. The van der Waals surface area contributed by atoms with Crippen LogP contribution in [0.3, 0.4) is 0 Å². The standard InChI is InChI=1S/C12H21F2N/c13-12(14)7-5-6-11(10-12)15-8-3-1-2-4-9-15/h11H,1-10H2/t11-/m0/s1. The molecule has 1 aliphatic carbocycles. The minimum atomic E-state index is -2.39. The Kier molecular flexibility index (Phi) is 3.60. The van der Waals surface area contributed by atoms with Gasteiger partial charge in [0.05, 0.1) is 0 Å². The molecule has 2 rings (SSSR count). The minimum Gasteiger partial charge on any atom is -0.300 e. The van der Waals surface area contributed by atoms with Gasteiger partial charge in [-0.05, 0) is 38.8 Å². The summed E-state index contributed by atoms with van der Waals surface area (Å²) < 4.78 is 26.6. The molecule has 0 amide bonds. The Morgan fingerprint density at radius 3 is 2.20 bits per heavy atom. The summed E-state index contributed by atoms with van der Waals surface area (Å²) in [6, 6.07) is 0.159. The molecule has 0 aromatic heterocycles. The van der Waals surface area contributed by atoms with E-state index in [0.717, 1.165) is 19.5 Å². The van der Waals surface area contributed by atoms with Crippen molar-refractivity contribution in [2.24, 2.45) is 0 Å². The second-order valence-electron chi connectivity index (χ2n) is 5.06. The van der Waals surface area contributed by atoms with Gasteiger partial charge >= 0.3 is 0 Å². The number of hydrogen-bond donors (Lipinski definition) is 0. The lowest BCUT2D eigenvalue weighted by Crippen LogP contribution is -2.42. The largest absolute Gasteiger partial charge is 0.300 e. The first-order chi connectivity index (χ1) is 7.17. The SMILES string of the molecule is FC1(F)CCC[C@H](N2CCCCCC2)C1. The lowest BCUT2D eigenvalue weighted by atomic mass is 9.91. The Labute approximate surface area is 90.8 Å². The van der Waals surface area contributed by atoms with Crippen molar-refractivity contribution in [3.8, 4) is 0 Å². The molecule has 0 unspecified atom stereocenters. The van der Waals surface area contributed by atoms with E-state index in [1.807, 2.05) is 0 Å². The Morgan fingerprint density at radius 1 is 0.933 bits per heavy atom. The first kappa shape index (κ1) is 11.3. The lowest BCUT2D eigenvalue weighted by molar-refractivity contribution is -0.0631. The maximum atomic E-state index is 13.3. The van der Waals surface area contributed by atoms with Gasteiger partial charge in [0.25, 0.3) is 0 Å². The Balaban J connectivity index is 1.90. The summed E-state index contributed by atoms with van der Waals surface area (Å²) in [5.41, 5.74) is 0. The molecule has 0 radical (unpaired) electrons. The first-order valence-electron chi connectivity index (χ1n) is 6.29. The van der Waals surface area contributed by atoms with Crippen LogP contribution in [0.15, 0.2) is 0 Å². The summed E-state index contributed by atoms with van der Waals surface area (Å²) in [7, 11) is 0. The molecule has 0 aromatic carbocycles. The molecule has 15 heavy (non-hydrogen) atoms. The highest BCUT2D eigenvalue weighted by Gasteiger charge is 2.38. The van der Waals surface area contributed by atoms with Gasteiger partial charge in [-0.2, -0.15) is 0 Å². The fourth-order valence-corrected chi connectivity index (χ4v) is 2.92. The maximum absolute atomic E-state index is 13.3. The quantitative estimate of drug-likeness (QED) is 0.650. The smallest absolute Gasteiger partial charge is 0.249 e. The monoisotopic (exact) mass is 217 g/mol. The number of alkyl halides is 2. The van der Waals surface area contributed by atoms with Crippen LogP contribution < -0.4 is 0 Å². The van der Waals surface area contributed by atoms with Gasteiger partial charge in [-0.15, -0.1) is 0 Å². The second-order valence-corrected chi connectivity index (χ2v) is 5.06. The molecule has 1 aliphatic heterocycles. The van der Waals surface area contributed by atoms with Gasteiger partial charge in [-0.25, -0.2) is 8.78 Å². The summed E-state index contributed by atoms with van der Waals surface area (Å²) in [4.78, 5) is 2.32. The van der Waals surface area contributed by atoms with Crippen LogP contribution in [-0.4, -0.2) is 30.0 Å². The van der Waals surface area contributed by atoms with Crippen molar-refractivity contribution < 1.29 is 8.78 Å². The van der Waals surface area contributed by atoms with Crippen molar-refractivity contribution >= 4 is 0 Å². The highest BCUT2D eigenvalue weighted by atomic mass is 19.3. The number of nitrogens with zero attached hydrogens (tertiary/aromatic N) is 1. The third kappa shape index (κ3) is 3.13. The number of hydrogen-bond acceptors (Lipinski definition) is 1. The van der Waals surface area contributed by atoms with Crippen LogP contribution in [0.4, 0.5) is 8.78 Å². The Hall–Kier alpha value is -0.180. The van der Waals surface area contributed by atoms with E-state index in [9.17, 15) is 8.78 Å². The van der Waals surface area contributed by atoms with E-state index in [-0.39, 0.29) is 18.9 Å². The molecule has 0 spiro atoms. The van der Waals surface area contributed by atoms with E-state index in [0.29, 0.717) is 6.42 Å². The summed E-state index contributed by atoms with van der Waals surface area (Å²) in [6.45, 7) is 2.08. The van der Waals surface area contributed by atoms with Crippen LogP contribution in [0, 0.1) is 0 Å². The van der Waals surface area contributed by atoms with E-state index in [4.69, 9.17) is 0 Å². The van der Waals surface area contributed by atoms with Crippen molar-refractivity contribution in [3.63, 3.8) is 0 Å². The van der Waals surface area contributed by atoms with Gasteiger partial charge in [0, 0.05) is 18.9 Å². The summed E-state index contributed by atoms with van der Waals surface area (Å²) >= 11 is 0. The van der Waals surface area contributed by atoms with Crippen molar-refractivity contribution in [2.45, 2.75) is 63.3 Å². The predicted molar refractivity (Wildman–Crippen MR) is 57.2 cm³/mol. The van der Waals surface area contributed by atoms with Crippen LogP contribution in [0.1, 0.15) is 51.4 Å². The van der Waals surface area contributed by atoms with Crippen molar-refractivity contribution in [1.29, 1.82) is 0 Å². The van der Waals surface area contributed by atoms with Crippen molar-refractivity contribution in [2.75, 3.05) is 13.1 Å². The van der Waals surface area contributed by atoms with Crippen LogP contribution in [0.5, 0.6) is 0 Å². The molecule has 2 aliphatic rings. The molecule has 1 saturated carbocycles. The first-order valence-corrected chi connectivity index (χ1v) is 6.29. The zero-order valence-electron chi connectivity index (χ0n) is 9.35. The van der Waals surface area contributed by atoms with E-state index in [1.54, 1.807) is 0 Å². The summed E-state index contributed by atoms with van der Waals surface area (Å²) in [5, 5.41) is 0. The van der Waals surface area contributed by atoms with Crippen LogP contribution >= 0.6 is 0 Å². The zero-order valence-corrected chi connectivity index (χ0v) is 9.35. The normalized spacial score (nSPS) is 33.6. The summed E-state index contributed by atoms with van der Waals surface area (Å²) in [5.74, 6) is -2.39. The number of halogens is 2. The molecule has 0 bridgehead atoms. The molecule has 1 atom stereocenters. The Morgan fingerprint density at radius 2 is 1.60 bits per heavy atom. The summed E-state index contributed by atoms with van der Waals surface area (Å²) in [6.07, 6.45) is 6.84. The van der Waals surface area contributed by atoms with Gasteiger partial charge in [0.2, 0.25) is 5.92 Å². The molecule has 0 N–H and O–H groups in total. The molecule has 88 valence electrons. The molecule has 3 heteroatoms. The van der Waals surface area contributed by atoms with Crippen molar-refractivity contribution in [1.82, 2.24) is 4.90 Å². The third-order valence-corrected chi connectivity index (χ3v) is 3.77. The fraction of sp³-hybridized carbons (Fsp3) is 1.00. The third-order valence-electron chi connectivity index (χ3n) is 3.77. The molecular weight excluding hydrogens is 196 g/mol. The van der Waals surface area contributed by atoms with Gasteiger partial charge in [0.1, 0.15) is 0 Å². The van der Waals surface area contributed by atoms with Crippen molar-refractivity contribution in [3.05, 3.63) is 0 Å². The molecule has 1 saturated heterocycles. The fourth-order valence-electron chi connectivity index (χ4n) is 2.92. The Bertz CT molecular complexity index is 198. The van der Waals surface area contributed by atoms with Crippen LogP contribution in [-0.2, 0) is 0 Å². The average Bonchev–Trinajstić information content (AvgIpc) is 2.44. The number of rotatable bonds is 1. The molecule has 1 nitrogen and oxygen atoms in total. The van der Waals surface area contributed by atoms with Gasteiger partial charge in [-0.3, -0.25) is 0 Å². The van der Waals surface area contributed by atoms with E-state index >= 15 is 0 Å². The second kappa shape index (κ2) is 4.77. The van der Waals surface area contributed by atoms with Gasteiger partial charge in [0.15, 0.2) is 0 Å². The molecule has 0 aromatic rings. The van der Waals surface area contributed by atoms with E-state index < -0.39 is 5.92 Å². The number of likely N-dealkylation sites (tertiary alicyclic amines) is 1. The average molecular weight is 217 g/mol. The molecule has 1 heterocycles. The van der Waals surface area contributed by atoms with E-state index in [1.165, 1.54) is 25.7 Å². The highest BCUT2D eigenvalue weighted by Crippen LogP contribution is 2.35. The van der Waals surface area contributed by atoms with Crippen LogP contribution in [0.2, 0.25) is 0 Å². The zero-order chi connectivity index (χ0) is 10.7. The van der Waals surface area contributed by atoms with Gasteiger partial charge < -0.3 is 4.90 Å². The van der Waals surface area contributed by atoms with Crippen LogP contribution in [0.25, 0.3) is 0 Å². The maximum Gasteiger partial charge on any atom is 0.249 e. The molecule has 2 fully saturated rings. The highest BCUT2D eigenvalue weighted by molar-refractivity contribution is 4.85. The lowest BCUT2D eigenvalue weighted by Gasteiger charge is -2.36.